The van der Waals surface area contributed by atoms with Crippen molar-refractivity contribution in [2.24, 2.45) is 0 Å². The predicted molar refractivity (Wildman–Crippen MR) is 71.4 cm³/mol. The van der Waals surface area contributed by atoms with E-state index in [-0.39, 0.29) is 0 Å². The highest BCUT2D eigenvalue weighted by Crippen LogP contribution is 2.26. The van der Waals surface area contributed by atoms with Crippen molar-refractivity contribution in [1.82, 2.24) is 5.32 Å². The summed E-state index contributed by atoms with van der Waals surface area (Å²) in [5.74, 6) is 1.01. The third-order valence-corrected chi connectivity index (χ3v) is 3.44. The lowest BCUT2D eigenvalue weighted by molar-refractivity contribution is 0.120. The Morgan fingerprint density at radius 1 is 1.29 bits per heavy atom. The molecule has 0 aliphatic heterocycles. The van der Waals surface area contributed by atoms with E-state index in [0.717, 1.165) is 12.3 Å². The molecule has 1 N–H and O–H groups in total. The molecular formula is C15H23NO. The third kappa shape index (κ3) is 3.47. The van der Waals surface area contributed by atoms with E-state index < -0.39 is 0 Å². The van der Waals surface area contributed by atoms with Crippen LogP contribution in [-0.4, -0.2) is 12.6 Å². The molecule has 1 aromatic rings. The molecule has 1 aliphatic rings. The van der Waals surface area contributed by atoms with Gasteiger partial charge in [0, 0.05) is 6.04 Å². The Morgan fingerprint density at radius 2 is 2.00 bits per heavy atom. The number of ether oxygens (including phenoxy) is 1. The number of hydrogen-bond donors (Lipinski definition) is 1. The molecule has 17 heavy (non-hydrogen) atoms. The Balaban J connectivity index is 1.87. The Bertz CT molecular complexity index is 329. The van der Waals surface area contributed by atoms with Crippen molar-refractivity contribution in [2.75, 3.05) is 6.54 Å². The molecule has 0 saturated heterocycles. The summed E-state index contributed by atoms with van der Waals surface area (Å²) in [6.45, 7) is 5.47. The van der Waals surface area contributed by atoms with Gasteiger partial charge in [-0.2, -0.15) is 0 Å². The van der Waals surface area contributed by atoms with Gasteiger partial charge in [0.25, 0.3) is 0 Å². The van der Waals surface area contributed by atoms with E-state index in [1.165, 1.54) is 31.2 Å². The standard InChI is InChI=1S/C15H23NO/c1-3-11-16-12(2)13-7-9-15(10-8-13)17-14-5-4-6-14/h7-10,12,14,16H,3-6,11H2,1-2H3. The number of hydrogen-bond acceptors (Lipinski definition) is 2. The van der Waals surface area contributed by atoms with Crippen LogP contribution >= 0.6 is 0 Å². The fourth-order valence-electron chi connectivity index (χ4n) is 1.99. The van der Waals surface area contributed by atoms with E-state index in [9.17, 15) is 0 Å². The molecule has 0 aromatic heterocycles. The topological polar surface area (TPSA) is 21.3 Å². The van der Waals surface area contributed by atoms with E-state index in [2.05, 4.69) is 43.4 Å². The monoisotopic (exact) mass is 233 g/mol. The largest absolute Gasteiger partial charge is 0.490 e. The van der Waals surface area contributed by atoms with Crippen LogP contribution in [-0.2, 0) is 0 Å². The zero-order chi connectivity index (χ0) is 12.1. The van der Waals surface area contributed by atoms with Crippen LogP contribution < -0.4 is 10.1 Å². The van der Waals surface area contributed by atoms with Crippen LogP contribution in [0.3, 0.4) is 0 Å². The molecule has 1 fully saturated rings. The molecule has 0 bridgehead atoms. The molecular weight excluding hydrogens is 210 g/mol. The van der Waals surface area contributed by atoms with Crippen molar-refractivity contribution in [1.29, 1.82) is 0 Å². The molecule has 0 heterocycles. The molecule has 1 aromatic carbocycles. The van der Waals surface area contributed by atoms with E-state index in [1.54, 1.807) is 0 Å². The highest BCUT2D eigenvalue weighted by atomic mass is 16.5. The van der Waals surface area contributed by atoms with Crippen LogP contribution in [0.4, 0.5) is 0 Å². The maximum atomic E-state index is 5.85. The Labute approximate surface area is 104 Å². The molecule has 1 saturated carbocycles. The minimum absolute atomic E-state index is 0.424. The Kier molecular flexibility index (Phi) is 4.43. The SMILES string of the molecule is CCCNC(C)c1ccc(OC2CCC2)cc1. The Hall–Kier alpha value is -1.02. The molecule has 0 radical (unpaired) electrons. The van der Waals surface area contributed by atoms with Gasteiger partial charge in [-0.05, 0) is 56.8 Å². The van der Waals surface area contributed by atoms with Gasteiger partial charge in [-0.25, -0.2) is 0 Å². The summed E-state index contributed by atoms with van der Waals surface area (Å²) in [4.78, 5) is 0. The zero-order valence-corrected chi connectivity index (χ0v) is 10.9. The van der Waals surface area contributed by atoms with Gasteiger partial charge in [0.1, 0.15) is 5.75 Å². The second-order valence-electron chi connectivity index (χ2n) is 4.92. The van der Waals surface area contributed by atoms with Crippen molar-refractivity contribution in [3.63, 3.8) is 0 Å². The predicted octanol–water partition coefficient (Wildman–Crippen LogP) is 3.68. The maximum absolute atomic E-state index is 5.85. The van der Waals surface area contributed by atoms with Crippen LogP contribution in [0.1, 0.15) is 51.1 Å². The first kappa shape index (κ1) is 12.4. The van der Waals surface area contributed by atoms with Crippen LogP contribution in [0.2, 0.25) is 0 Å². The lowest BCUT2D eigenvalue weighted by Crippen LogP contribution is -2.24. The summed E-state index contributed by atoms with van der Waals surface area (Å²) in [6.07, 6.45) is 5.40. The number of benzene rings is 1. The van der Waals surface area contributed by atoms with Crippen molar-refractivity contribution in [3.05, 3.63) is 29.8 Å². The normalized spacial score (nSPS) is 17.5. The van der Waals surface area contributed by atoms with E-state index in [0.29, 0.717) is 12.1 Å². The molecule has 0 amide bonds. The van der Waals surface area contributed by atoms with E-state index >= 15 is 0 Å². The van der Waals surface area contributed by atoms with Crippen molar-refractivity contribution >= 4 is 0 Å². The summed E-state index contributed by atoms with van der Waals surface area (Å²) >= 11 is 0. The molecule has 1 aliphatic carbocycles. The van der Waals surface area contributed by atoms with Gasteiger partial charge in [0.05, 0.1) is 6.10 Å². The number of rotatable bonds is 6. The average molecular weight is 233 g/mol. The van der Waals surface area contributed by atoms with E-state index in [4.69, 9.17) is 4.74 Å². The Morgan fingerprint density at radius 3 is 2.53 bits per heavy atom. The number of nitrogens with one attached hydrogen (secondary N) is 1. The molecule has 0 spiro atoms. The van der Waals surface area contributed by atoms with Gasteiger partial charge in [-0.3, -0.25) is 0 Å². The van der Waals surface area contributed by atoms with Crippen molar-refractivity contribution in [2.45, 2.75) is 51.7 Å². The summed E-state index contributed by atoms with van der Waals surface area (Å²) in [5.41, 5.74) is 1.33. The summed E-state index contributed by atoms with van der Waals surface area (Å²) in [6, 6.07) is 8.95. The van der Waals surface area contributed by atoms with Crippen molar-refractivity contribution < 1.29 is 4.74 Å². The average Bonchev–Trinajstić information content (AvgIpc) is 2.31. The lowest BCUT2D eigenvalue weighted by Gasteiger charge is -2.26. The van der Waals surface area contributed by atoms with Crippen LogP contribution in [0.5, 0.6) is 5.75 Å². The summed E-state index contributed by atoms with van der Waals surface area (Å²) in [7, 11) is 0. The minimum Gasteiger partial charge on any atom is -0.490 e. The smallest absolute Gasteiger partial charge is 0.119 e. The van der Waals surface area contributed by atoms with Crippen molar-refractivity contribution in [3.8, 4) is 5.75 Å². The molecule has 2 rings (SSSR count). The fourth-order valence-corrected chi connectivity index (χ4v) is 1.99. The van der Waals surface area contributed by atoms with Crippen LogP contribution in [0.25, 0.3) is 0 Å². The molecule has 2 heteroatoms. The zero-order valence-electron chi connectivity index (χ0n) is 10.9. The summed E-state index contributed by atoms with van der Waals surface area (Å²) < 4.78 is 5.85. The first-order chi connectivity index (χ1) is 8.29. The quantitative estimate of drug-likeness (QED) is 0.809. The first-order valence-corrected chi connectivity index (χ1v) is 6.79. The molecule has 2 nitrogen and oxygen atoms in total. The second kappa shape index (κ2) is 6.06. The minimum atomic E-state index is 0.424. The van der Waals surface area contributed by atoms with Gasteiger partial charge in [0.15, 0.2) is 0 Å². The van der Waals surface area contributed by atoms with Gasteiger partial charge < -0.3 is 10.1 Å². The van der Waals surface area contributed by atoms with E-state index in [1.807, 2.05) is 0 Å². The second-order valence-corrected chi connectivity index (χ2v) is 4.92. The lowest BCUT2D eigenvalue weighted by atomic mass is 9.96. The maximum Gasteiger partial charge on any atom is 0.119 e. The van der Waals surface area contributed by atoms with Crippen LogP contribution in [0.15, 0.2) is 24.3 Å². The van der Waals surface area contributed by atoms with Gasteiger partial charge >= 0.3 is 0 Å². The van der Waals surface area contributed by atoms with Gasteiger partial charge in [-0.15, -0.1) is 0 Å². The molecule has 94 valence electrons. The van der Waals surface area contributed by atoms with Gasteiger partial charge in [-0.1, -0.05) is 19.1 Å². The van der Waals surface area contributed by atoms with Gasteiger partial charge in [0.2, 0.25) is 0 Å². The molecule has 1 unspecified atom stereocenters. The first-order valence-electron chi connectivity index (χ1n) is 6.79. The third-order valence-electron chi connectivity index (χ3n) is 3.44. The summed E-state index contributed by atoms with van der Waals surface area (Å²) in [5, 5.41) is 3.49. The van der Waals surface area contributed by atoms with Crippen LogP contribution in [0, 0.1) is 0 Å². The molecule has 1 atom stereocenters. The fraction of sp³-hybridized carbons (Fsp3) is 0.600. The highest BCUT2D eigenvalue weighted by molar-refractivity contribution is 5.29. The highest BCUT2D eigenvalue weighted by Gasteiger charge is 2.18.